The zero-order valence-corrected chi connectivity index (χ0v) is 18.4. The number of nitrogens with zero attached hydrogens (tertiary/aromatic N) is 2. The molecule has 1 saturated heterocycles. The summed E-state index contributed by atoms with van der Waals surface area (Å²) in [4.78, 5) is 41.1. The highest BCUT2D eigenvalue weighted by Gasteiger charge is 2.66. The summed E-state index contributed by atoms with van der Waals surface area (Å²) in [6, 6.07) is 17.3. The zero-order valence-electron chi connectivity index (χ0n) is 18.4. The molecule has 1 N–H and O–H groups in total. The molecule has 3 atom stereocenters. The number of imide groups is 1. The molecule has 1 radical (unpaired) electrons. The largest absolute Gasteiger partial charge is 0.443 e. The third-order valence-electron chi connectivity index (χ3n) is 5.96. The van der Waals surface area contributed by atoms with Crippen molar-refractivity contribution in [2.75, 3.05) is 4.90 Å². The van der Waals surface area contributed by atoms with E-state index in [9.17, 15) is 19.6 Å². The summed E-state index contributed by atoms with van der Waals surface area (Å²) in [6.07, 6.45) is -0.815. The second-order valence-electron chi connectivity index (χ2n) is 9.07. The van der Waals surface area contributed by atoms with Crippen LogP contribution in [0.25, 0.3) is 0 Å². The van der Waals surface area contributed by atoms with E-state index in [0.29, 0.717) is 16.8 Å². The fourth-order valence-electron chi connectivity index (χ4n) is 4.66. The Labute approximate surface area is 187 Å². The Morgan fingerprint density at radius 2 is 1.72 bits per heavy atom. The highest BCUT2D eigenvalue weighted by atomic mass is 16.6. The molecule has 0 aliphatic carbocycles. The number of carbonyl (C=O) groups excluding carboxylic acids is 3. The van der Waals surface area contributed by atoms with Crippen molar-refractivity contribution in [1.29, 1.82) is 5.26 Å². The molecule has 0 aromatic heterocycles. The number of benzene rings is 2. The van der Waals surface area contributed by atoms with Gasteiger partial charge in [0, 0.05) is 0 Å². The van der Waals surface area contributed by atoms with E-state index >= 15 is 0 Å². The predicted octanol–water partition coefficient (Wildman–Crippen LogP) is 3.81. The van der Waals surface area contributed by atoms with Gasteiger partial charge in [0.05, 0.1) is 29.6 Å². The standard InChI is InChI=1S/C25H24N3O4/c1-15-18(14-26)25(20(27-21(15)29)16-10-6-5-7-11-16)17-12-8-9-13-19(17)28(22(25)30)23(31)32-24(2,3)4/h5-13,18,20H,1-4H3,(H,27,29)/t18-,20-,25+/m1/s1. The summed E-state index contributed by atoms with van der Waals surface area (Å²) in [5, 5.41) is 13.1. The molecule has 4 rings (SSSR count). The molecule has 2 aliphatic heterocycles. The van der Waals surface area contributed by atoms with Crippen LogP contribution in [0.1, 0.15) is 44.9 Å². The topological polar surface area (TPSA) is 99.5 Å². The number of hydrogen-bond donors (Lipinski definition) is 1. The summed E-state index contributed by atoms with van der Waals surface area (Å²) in [7, 11) is 0. The van der Waals surface area contributed by atoms with Gasteiger partial charge in [-0.15, -0.1) is 0 Å². The minimum absolute atomic E-state index is 0.230. The first-order valence-electron chi connectivity index (χ1n) is 10.4. The lowest BCUT2D eigenvalue weighted by atomic mass is 9.59. The van der Waals surface area contributed by atoms with E-state index in [2.05, 4.69) is 11.4 Å². The Hall–Kier alpha value is -3.66. The summed E-state index contributed by atoms with van der Waals surface area (Å²) in [5.41, 5.74) is -0.796. The van der Waals surface area contributed by atoms with Crippen molar-refractivity contribution >= 4 is 23.6 Å². The van der Waals surface area contributed by atoms with Gasteiger partial charge in [-0.2, -0.15) is 5.26 Å². The lowest BCUT2D eigenvalue weighted by Gasteiger charge is -2.46. The molecule has 7 nitrogen and oxygen atoms in total. The number of nitriles is 1. The van der Waals surface area contributed by atoms with Crippen LogP contribution in [0.2, 0.25) is 0 Å². The fourth-order valence-corrected chi connectivity index (χ4v) is 4.66. The summed E-state index contributed by atoms with van der Waals surface area (Å²) >= 11 is 0. The average molecular weight is 430 g/mol. The van der Waals surface area contributed by atoms with E-state index in [-0.39, 0.29) is 5.92 Å². The van der Waals surface area contributed by atoms with E-state index in [1.54, 1.807) is 76.2 Å². The van der Waals surface area contributed by atoms with Crippen LogP contribution in [-0.4, -0.2) is 23.5 Å². The van der Waals surface area contributed by atoms with Crippen molar-refractivity contribution in [3.05, 3.63) is 71.6 Å². The molecule has 0 unspecified atom stereocenters. The van der Waals surface area contributed by atoms with E-state index in [1.165, 1.54) is 0 Å². The molecule has 2 heterocycles. The molecule has 2 aromatic carbocycles. The summed E-state index contributed by atoms with van der Waals surface area (Å²) < 4.78 is 5.53. The monoisotopic (exact) mass is 430 g/mol. The molecule has 3 amide bonds. The quantitative estimate of drug-likeness (QED) is 0.742. The lowest BCUT2D eigenvalue weighted by molar-refractivity contribution is -0.131. The van der Waals surface area contributed by atoms with Gasteiger partial charge in [0.25, 0.3) is 5.91 Å². The third-order valence-corrected chi connectivity index (χ3v) is 5.96. The van der Waals surface area contributed by atoms with Crippen LogP contribution < -0.4 is 10.2 Å². The molecule has 1 spiro atoms. The Morgan fingerprint density at radius 3 is 2.34 bits per heavy atom. The van der Waals surface area contributed by atoms with E-state index < -0.39 is 40.9 Å². The van der Waals surface area contributed by atoms with Gasteiger partial charge in [0.1, 0.15) is 11.0 Å². The molecule has 2 aromatic rings. The Balaban J connectivity index is 1.99. The molecule has 0 saturated carbocycles. The minimum atomic E-state index is -1.51. The van der Waals surface area contributed by atoms with Crippen LogP contribution in [0.4, 0.5) is 10.5 Å². The summed E-state index contributed by atoms with van der Waals surface area (Å²) in [6.45, 7) is 6.71. The number of nitrogens with one attached hydrogen (secondary N) is 1. The Morgan fingerprint density at radius 1 is 1.09 bits per heavy atom. The van der Waals surface area contributed by atoms with Crippen molar-refractivity contribution < 1.29 is 19.1 Å². The summed E-state index contributed by atoms with van der Waals surface area (Å²) in [5.74, 6) is -1.82. The van der Waals surface area contributed by atoms with Gasteiger partial charge < -0.3 is 10.1 Å². The number of ether oxygens (including phenoxy) is 1. The number of anilines is 1. The van der Waals surface area contributed by atoms with Crippen molar-refractivity contribution in [2.24, 2.45) is 5.92 Å². The molecule has 2 aliphatic rings. The van der Waals surface area contributed by atoms with Crippen molar-refractivity contribution in [1.82, 2.24) is 5.32 Å². The highest BCUT2D eigenvalue weighted by molar-refractivity contribution is 6.22. The van der Waals surface area contributed by atoms with Crippen LogP contribution in [-0.2, 0) is 19.7 Å². The predicted molar refractivity (Wildman–Crippen MR) is 117 cm³/mol. The molecular formula is C25H24N3O4. The number of rotatable bonds is 1. The first-order chi connectivity index (χ1) is 15.1. The molecule has 1 fully saturated rings. The zero-order chi connectivity index (χ0) is 23.3. The van der Waals surface area contributed by atoms with Crippen molar-refractivity contribution in [3.8, 4) is 6.07 Å². The Bertz CT molecular complexity index is 1130. The maximum absolute atomic E-state index is 14.2. The second-order valence-corrected chi connectivity index (χ2v) is 9.07. The third kappa shape index (κ3) is 3.06. The smallest absolute Gasteiger partial charge is 0.421 e. The molecule has 32 heavy (non-hydrogen) atoms. The van der Waals surface area contributed by atoms with Crippen molar-refractivity contribution in [2.45, 2.75) is 44.8 Å². The first kappa shape index (κ1) is 21.6. The number of amides is 3. The minimum Gasteiger partial charge on any atom is -0.443 e. The number of hydrogen-bond acceptors (Lipinski definition) is 5. The van der Waals surface area contributed by atoms with Gasteiger partial charge >= 0.3 is 6.09 Å². The number of fused-ring (bicyclic) bond motifs is 2. The van der Waals surface area contributed by atoms with Gasteiger partial charge in [0.15, 0.2) is 0 Å². The van der Waals surface area contributed by atoms with Crippen LogP contribution in [0.15, 0.2) is 54.6 Å². The molecular weight excluding hydrogens is 406 g/mol. The van der Waals surface area contributed by atoms with Crippen LogP contribution in [0, 0.1) is 23.2 Å². The van der Waals surface area contributed by atoms with Gasteiger partial charge in [-0.25, -0.2) is 9.69 Å². The first-order valence-corrected chi connectivity index (χ1v) is 10.4. The normalized spacial score (nSPS) is 25.3. The van der Waals surface area contributed by atoms with Gasteiger partial charge in [-0.05, 0) is 44.9 Å². The van der Waals surface area contributed by atoms with Gasteiger partial charge in [0.2, 0.25) is 5.91 Å². The van der Waals surface area contributed by atoms with Crippen molar-refractivity contribution in [3.63, 3.8) is 0 Å². The average Bonchev–Trinajstić information content (AvgIpc) is 3.00. The highest BCUT2D eigenvalue weighted by Crippen LogP contribution is 2.57. The van der Waals surface area contributed by atoms with Gasteiger partial charge in [-0.3, -0.25) is 9.59 Å². The van der Waals surface area contributed by atoms with Crippen LogP contribution >= 0.6 is 0 Å². The van der Waals surface area contributed by atoms with E-state index in [4.69, 9.17) is 4.74 Å². The number of carbonyl (C=O) groups is 3. The van der Waals surface area contributed by atoms with Crippen LogP contribution in [0.5, 0.6) is 0 Å². The van der Waals surface area contributed by atoms with E-state index in [1.807, 2.05) is 6.07 Å². The number of para-hydroxylation sites is 1. The van der Waals surface area contributed by atoms with E-state index in [0.717, 1.165) is 4.90 Å². The molecule has 0 bridgehead atoms. The SMILES string of the molecule is C[C]1C(=O)N[C@H](c2ccccc2)[C@@]2(C(=O)N(C(=O)OC(C)(C)C)c3ccccc32)[C@@H]1C#N. The number of piperidine rings is 1. The Kier molecular flexibility index (Phi) is 5.04. The maximum atomic E-state index is 14.2. The van der Waals surface area contributed by atoms with Crippen LogP contribution in [0.3, 0.4) is 0 Å². The molecule has 7 heteroatoms. The second kappa shape index (κ2) is 7.49. The maximum Gasteiger partial charge on any atom is 0.421 e. The molecule has 163 valence electrons. The fraction of sp³-hybridized carbons (Fsp3) is 0.320. The van der Waals surface area contributed by atoms with Gasteiger partial charge in [-0.1, -0.05) is 48.5 Å². The lowest BCUT2D eigenvalue weighted by Crippen LogP contribution is -2.61.